The Morgan fingerprint density at radius 2 is 1.85 bits per heavy atom. The summed E-state index contributed by atoms with van der Waals surface area (Å²) in [5, 5.41) is 0. The van der Waals surface area contributed by atoms with Crippen molar-refractivity contribution in [1.82, 2.24) is 4.90 Å². The van der Waals surface area contributed by atoms with E-state index in [1.165, 1.54) is 5.56 Å². The number of carbonyl (C=O) groups excluding carboxylic acids is 1. The number of nitrogens with zero attached hydrogens (tertiary/aromatic N) is 1. The first-order valence-corrected chi connectivity index (χ1v) is 10.4. The van der Waals surface area contributed by atoms with Crippen LogP contribution in [0, 0.1) is 0 Å². The highest BCUT2D eigenvalue weighted by Crippen LogP contribution is 2.34. The Kier molecular flexibility index (Phi) is 5.38. The van der Waals surface area contributed by atoms with E-state index in [4.69, 9.17) is 17.0 Å². The van der Waals surface area contributed by atoms with Gasteiger partial charge in [-0.05, 0) is 29.5 Å². The lowest BCUT2D eigenvalue weighted by Gasteiger charge is -2.27. The van der Waals surface area contributed by atoms with Gasteiger partial charge in [0.1, 0.15) is 4.32 Å². The zero-order valence-corrected chi connectivity index (χ0v) is 16.1. The molecule has 2 aliphatic heterocycles. The zero-order chi connectivity index (χ0) is 17.9. The van der Waals surface area contributed by atoms with Crippen molar-refractivity contribution in [1.29, 1.82) is 0 Å². The minimum absolute atomic E-state index is 0.0570. The molecule has 134 valence electrons. The lowest BCUT2D eigenvalue weighted by Crippen LogP contribution is -2.39. The van der Waals surface area contributed by atoms with Gasteiger partial charge in [-0.15, -0.1) is 0 Å². The van der Waals surface area contributed by atoms with Crippen LogP contribution < -0.4 is 0 Å². The van der Waals surface area contributed by atoms with E-state index in [1.807, 2.05) is 18.2 Å². The van der Waals surface area contributed by atoms with Crippen molar-refractivity contribution in [2.75, 3.05) is 18.9 Å². The molecule has 0 spiro atoms. The highest BCUT2D eigenvalue weighted by molar-refractivity contribution is 8.23. The molecular formula is C21H21NO2S2. The van der Waals surface area contributed by atoms with Crippen LogP contribution in [0.1, 0.15) is 24.3 Å². The number of hydrogen-bond acceptors (Lipinski definition) is 4. The van der Waals surface area contributed by atoms with Gasteiger partial charge >= 0.3 is 0 Å². The molecule has 2 fully saturated rings. The van der Waals surface area contributed by atoms with Gasteiger partial charge in [-0.1, -0.05) is 78.6 Å². The predicted octanol–water partition coefficient (Wildman–Crippen LogP) is 4.48. The third kappa shape index (κ3) is 3.56. The van der Waals surface area contributed by atoms with Crippen LogP contribution in [-0.2, 0) is 9.53 Å². The molecule has 3 nitrogen and oxygen atoms in total. The van der Waals surface area contributed by atoms with Gasteiger partial charge < -0.3 is 4.74 Å². The Hall–Kier alpha value is -1.69. The van der Waals surface area contributed by atoms with Gasteiger partial charge in [-0.2, -0.15) is 0 Å². The smallest absolute Gasteiger partial charge is 0.238 e. The Balaban J connectivity index is 1.63. The van der Waals surface area contributed by atoms with Crippen molar-refractivity contribution in [3.8, 4) is 11.1 Å². The summed E-state index contributed by atoms with van der Waals surface area (Å²) in [4.78, 5) is 15.0. The normalized spacial score (nSPS) is 21.2. The van der Waals surface area contributed by atoms with Gasteiger partial charge in [0.05, 0.1) is 12.0 Å². The molecule has 5 heteroatoms. The summed E-state index contributed by atoms with van der Waals surface area (Å²) in [6, 6.07) is 18.6. The Labute approximate surface area is 163 Å². The summed E-state index contributed by atoms with van der Waals surface area (Å²) in [5.41, 5.74) is 3.34. The maximum absolute atomic E-state index is 13.2. The predicted molar refractivity (Wildman–Crippen MR) is 110 cm³/mol. The number of amides is 1. The summed E-state index contributed by atoms with van der Waals surface area (Å²) in [7, 11) is 0. The first-order chi connectivity index (χ1) is 12.7. The monoisotopic (exact) mass is 383 g/mol. The molecule has 0 unspecified atom stereocenters. The second kappa shape index (κ2) is 7.91. The van der Waals surface area contributed by atoms with Gasteiger partial charge in [0, 0.05) is 18.9 Å². The molecule has 0 aliphatic carbocycles. The van der Waals surface area contributed by atoms with E-state index >= 15 is 0 Å². The van der Waals surface area contributed by atoms with E-state index in [1.54, 1.807) is 16.7 Å². The summed E-state index contributed by atoms with van der Waals surface area (Å²) in [6.07, 6.45) is 1.87. The lowest BCUT2D eigenvalue weighted by molar-refractivity contribution is -0.131. The molecule has 2 heterocycles. The van der Waals surface area contributed by atoms with Crippen molar-refractivity contribution in [3.05, 3.63) is 60.2 Å². The van der Waals surface area contributed by atoms with Gasteiger partial charge in [-0.25, -0.2) is 0 Å². The lowest BCUT2D eigenvalue weighted by atomic mass is 9.89. The van der Waals surface area contributed by atoms with Crippen molar-refractivity contribution >= 4 is 34.2 Å². The number of ether oxygens (including phenoxy) is 1. The highest BCUT2D eigenvalue weighted by atomic mass is 32.2. The van der Waals surface area contributed by atoms with E-state index in [-0.39, 0.29) is 17.9 Å². The average molecular weight is 384 g/mol. The number of benzene rings is 2. The van der Waals surface area contributed by atoms with Crippen LogP contribution in [0.4, 0.5) is 0 Å². The van der Waals surface area contributed by atoms with Gasteiger partial charge in [0.25, 0.3) is 0 Å². The third-order valence-electron chi connectivity index (χ3n) is 5.01. The van der Waals surface area contributed by atoms with E-state index in [2.05, 4.69) is 36.4 Å². The van der Waals surface area contributed by atoms with E-state index in [0.29, 0.717) is 10.9 Å². The zero-order valence-electron chi connectivity index (χ0n) is 14.5. The molecule has 1 amide bonds. The number of hydrogen-bond donors (Lipinski definition) is 0. The summed E-state index contributed by atoms with van der Waals surface area (Å²) in [6.45, 7) is 1.43. The summed E-state index contributed by atoms with van der Waals surface area (Å²) >= 11 is 6.96. The van der Waals surface area contributed by atoms with Crippen LogP contribution in [0.5, 0.6) is 0 Å². The summed E-state index contributed by atoms with van der Waals surface area (Å²) in [5.74, 6) is 0.689. The second-order valence-corrected chi connectivity index (χ2v) is 8.35. The van der Waals surface area contributed by atoms with Crippen LogP contribution in [0.15, 0.2) is 54.6 Å². The molecule has 2 aromatic rings. The highest BCUT2D eigenvalue weighted by Gasteiger charge is 2.38. The molecule has 2 atom stereocenters. The SMILES string of the molecule is O=C([C@H](c1ccc(-c2ccccc2)cc1)[C@@H]1CCCO1)N1CCSC1=S. The molecule has 0 aromatic heterocycles. The molecule has 4 rings (SSSR count). The fraction of sp³-hybridized carbons (Fsp3) is 0.333. The molecule has 2 saturated heterocycles. The van der Waals surface area contributed by atoms with Gasteiger partial charge in [0.15, 0.2) is 0 Å². The minimum Gasteiger partial charge on any atom is -0.377 e. The van der Waals surface area contributed by atoms with Crippen molar-refractivity contribution in [3.63, 3.8) is 0 Å². The summed E-state index contributed by atoms with van der Waals surface area (Å²) < 4.78 is 6.60. The van der Waals surface area contributed by atoms with Crippen LogP contribution >= 0.6 is 24.0 Å². The molecule has 0 N–H and O–H groups in total. The molecule has 0 bridgehead atoms. The fourth-order valence-corrected chi connectivity index (χ4v) is 4.87. The van der Waals surface area contributed by atoms with Crippen LogP contribution in [0.25, 0.3) is 11.1 Å². The van der Waals surface area contributed by atoms with Crippen molar-refractivity contribution in [2.45, 2.75) is 24.9 Å². The third-order valence-corrected chi connectivity index (χ3v) is 6.43. The number of rotatable bonds is 4. The first kappa shape index (κ1) is 17.7. The molecular weight excluding hydrogens is 362 g/mol. The van der Waals surface area contributed by atoms with Gasteiger partial charge in [0.2, 0.25) is 5.91 Å². The minimum atomic E-state index is -0.279. The molecule has 2 aromatic carbocycles. The number of carbonyl (C=O) groups is 1. The Morgan fingerprint density at radius 3 is 2.46 bits per heavy atom. The van der Waals surface area contributed by atoms with E-state index in [0.717, 1.165) is 36.3 Å². The topological polar surface area (TPSA) is 29.5 Å². The van der Waals surface area contributed by atoms with Crippen molar-refractivity contribution in [2.24, 2.45) is 0 Å². The maximum atomic E-state index is 13.2. The quantitative estimate of drug-likeness (QED) is 0.728. The fourth-order valence-electron chi connectivity index (χ4n) is 3.66. The van der Waals surface area contributed by atoms with Crippen LogP contribution in [-0.4, -0.2) is 40.1 Å². The largest absolute Gasteiger partial charge is 0.377 e. The van der Waals surface area contributed by atoms with E-state index in [9.17, 15) is 4.79 Å². The van der Waals surface area contributed by atoms with Crippen LogP contribution in [0.3, 0.4) is 0 Å². The van der Waals surface area contributed by atoms with E-state index < -0.39 is 0 Å². The maximum Gasteiger partial charge on any atom is 0.238 e. The standard InChI is InChI=1S/C21H21NO2S2/c23-20(22-12-14-26-21(22)25)19(18-7-4-13-24-18)17-10-8-16(9-11-17)15-5-2-1-3-6-15/h1-3,5-6,8-11,18-19H,4,7,12-14H2/t18-,19+/m0/s1. The first-order valence-electron chi connectivity index (χ1n) is 8.99. The van der Waals surface area contributed by atoms with Crippen LogP contribution in [0.2, 0.25) is 0 Å². The molecule has 0 saturated carbocycles. The van der Waals surface area contributed by atoms with Crippen molar-refractivity contribution < 1.29 is 9.53 Å². The number of thiocarbonyl (C=S) groups is 1. The number of thioether (sulfide) groups is 1. The van der Waals surface area contributed by atoms with Gasteiger partial charge in [-0.3, -0.25) is 9.69 Å². The average Bonchev–Trinajstić information content (AvgIpc) is 3.35. The molecule has 0 radical (unpaired) electrons. The Bertz CT molecular complexity index is 785. The Morgan fingerprint density at radius 1 is 1.12 bits per heavy atom. The molecule has 26 heavy (non-hydrogen) atoms. The molecule has 2 aliphatic rings. The second-order valence-electron chi connectivity index (χ2n) is 6.62.